The Morgan fingerprint density at radius 1 is 1.41 bits per heavy atom. The van der Waals surface area contributed by atoms with Crippen LogP contribution in [-0.4, -0.2) is 27.8 Å². The Balaban J connectivity index is 1.95. The highest BCUT2D eigenvalue weighted by atomic mass is 16.2. The fraction of sp³-hybridized carbons (Fsp3) is 0.333. The number of aromatic nitrogens is 2. The number of hydrogen-bond donors (Lipinski definition) is 3. The summed E-state index contributed by atoms with van der Waals surface area (Å²) < 4.78 is 0. The average Bonchev–Trinajstić information content (AvgIpc) is 2.76. The lowest BCUT2D eigenvalue weighted by molar-refractivity contribution is -0.116. The number of benzene rings is 1. The number of nitrogens with zero attached hydrogens (tertiary/aromatic N) is 1. The van der Waals surface area contributed by atoms with Crippen LogP contribution in [0.1, 0.15) is 19.3 Å². The number of aromatic amines is 1. The quantitative estimate of drug-likeness (QED) is 0.687. The van der Waals surface area contributed by atoms with Crippen molar-refractivity contribution < 1.29 is 9.90 Å². The molecule has 2 aromatic rings. The van der Waals surface area contributed by atoms with Crippen molar-refractivity contribution in [1.29, 1.82) is 0 Å². The van der Waals surface area contributed by atoms with Gasteiger partial charge in [0.25, 0.3) is 0 Å². The van der Waals surface area contributed by atoms with Crippen LogP contribution >= 0.6 is 0 Å². The zero-order valence-corrected chi connectivity index (χ0v) is 9.44. The van der Waals surface area contributed by atoms with Crippen molar-refractivity contribution in [3.8, 4) is 0 Å². The fourth-order valence-corrected chi connectivity index (χ4v) is 1.64. The molecular weight excluding hydrogens is 218 g/mol. The van der Waals surface area contributed by atoms with Gasteiger partial charge in [-0.1, -0.05) is 0 Å². The molecule has 0 spiro atoms. The number of H-pyrrole nitrogens is 1. The third-order valence-corrected chi connectivity index (χ3v) is 2.54. The number of aliphatic hydroxyl groups excluding tert-OH is 1. The second-order valence-corrected chi connectivity index (χ2v) is 3.90. The molecule has 0 radical (unpaired) electrons. The van der Waals surface area contributed by atoms with Gasteiger partial charge in [-0.25, -0.2) is 0 Å². The Morgan fingerprint density at radius 3 is 3.12 bits per heavy atom. The minimum atomic E-state index is -0.0303. The van der Waals surface area contributed by atoms with Crippen LogP contribution in [0.3, 0.4) is 0 Å². The van der Waals surface area contributed by atoms with E-state index in [2.05, 4.69) is 15.5 Å². The highest BCUT2D eigenvalue weighted by Crippen LogP contribution is 2.16. The number of anilines is 1. The van der Waals surface area contributed by atoms with E-state index in [1.165, 1.54) is 0 Å². The zero-order valence-electron chi connectivity index (χ0n) is 9.44. The molecule has 0 aliphatic carbocycles. The maximum atomic E-state index is 11.5. The number of hydrogen-bond acceptors (Lipinski definition) is 3. The van der Waals surface area contributed by atoms with Gasteiger partial charge in [0, 0.05) is 24.1 Å². The first-order valence-electron chi connectivity index (χ1n) is 5.63. The molecule has 1 aromatic carbocycles. The van der Waals surface area contributed by atoms with Crippen LogP contribution < -0.4 is 5.32 Å². The lowest BCUT2D eigenvalue weighted by Crippen LogP contribution is -2.11. The summed E-state index contributed by atoms with van der Waals surface area (Å²) >= 11 is 0. The molecule has 0 aliphatic heterocycles. The molecule has 0 saturated heterocycles. The van der Waals surface area contributed by atoms with Gasteiger partial charge < -0.3 is 10.4 Å². The van der Waals surface area contributed by atoms with E-state index in [1.54, 1.807) is 6.20 Å². The molecule has 0 unspecified atom stereocenters. The molecule has 1 amide bonds. The van der Waals surface area contributed by atoms with Crippen molar-refractivity contribution in [2.75, 3.05) is 11.9 Å². The number of unbranched alkanes of at least 4 members (excludes halogenated alkanes) is 1. The lowest BCUT2D eigenvalue weighted by atomic mass is 10.2. The Hall–Kier alpha value is -1.88. The summed E-state index contributed by atoms with van der Waals surface area (Å²) in [6.07, 6.45) is 3.53. The number of aliphatic hydroxyl groups is 1. The molecule has 1 aromatic heterocycles. The van der Waals surface area contributed by atoms with Gasteiger partial charge in [0.1, 0.15) is 0 Å². The predicted octanol–water partition coefficient (Wildman–Crippen LogP) is 1.66. The first-order valence-corrected chi connectivity index (χ1v) is 5.63. The first-order chi connectivity index (χ1) is 8.29. The van der Waals surface area contributed by atoms with Gasteiger partial charge in [-0.2, -0.15) is 5.10 Å². The van der Waals surface area contributed by atoms with Gasteiger partial charge in [-0.05, 0) is 31.0 Å². The summed E-state index contributed by atoms with van der Waals surface area (Å²) in [6, 6.07) is 5.61. The summed E-state index contributed by atoms with van der Waals surface area (Å²) in [6.45, 7) is 0.132. The lowest BCUT2D eigenvalue weighted by Gasteiger charge is -2.04. The zero-order chi connectivity index (χ0) is 12.1. The van der Waals surface area contributed by atoms with Gasteiger partial charge in [0.05, 0.1) is 11.7 Å². The van der Waals surface area contributed by atoms with Gasteiger partial charge >= 0.3 is 0 Å². The number of carbonyl (C=O) groups excluding carboxylic acids is 1. The van der Waals surface area contributed by atoms with E-state index >= 15 is 0 Å². The molecule has 0 saturated carbocycles. The summed E-state index contributed by atoms with van der Waals surface area (Å²) in [4.78, 5) is 11.5. The highest BCUT2D eigenvalue weighted by Gasteiger charge is 2.03. The molecule has 0 aliphatic rings. The van der Waals surface area contributed by atoms with Crippen LogP contribution in [0.2, 0.25) is 0 Å². The van der Waals surface area contributed by atoms with Crippen molar-refractivity contribution in [1.82, 2.24) is 10.2 Å². The minimum absolute atomic E-state index is 0.0303. The van der Waals surface area contributed by atoms with E-state index in [0.29, 0.717) is 19.3 Å². The molecular formula is C12H15N3O2. The van der Waals surface area contributed by atoms with Crippen molar-refractivity contribution >= 4 is 22.5 Å². The van der Waals surface area contributed by atoms with Gasteiger partial charge in [0.2, 0.25) is 5.91 Å². The minimum Gasteiger partial charge on any atom is -0.396 e. The molecule has 5 nitrogen and oxygen atoms in total. The number of carbonyl (C=O) groups is 1. The molecule has 3 N–H and O–H groups in total. The number of amides is 1. The summed E-state index contributed by atoms with van der Waals surface area (Å²) in [5.74, 6) is -0.0303. The van der Waals surface area contributed by atoms with Crippen molar-refractivity contribution in [3.63, 3.8) is 0 Å². The van der Waals surface area contributed by atoms with E-state index in [1.807, 2.05) is 18.2 Å². The fourth-order valence-electron chi connectivity index (χ4n) is 1.64. The molecule has 0 bridgehead atoms. The smallest absolute Gasteiger partial charge is 0.224 e. The van der Waals surface area contributed by atoms with Crippen LogP contribution in [0, 0.1) is 0 Å². The first kappa shape index (κ1) is 11.6. The Kier molecular flexibility index (Phi) is 3.72. The van der Waals surface area contributed by atoms with Crippen LogP contribution in [0.4, 0.5) is 5.69 Å². The monoisotopic (exact) mass is 233 g/mol. The molecule has 1 heterocycles. The second kappa shape index (κ2) is 5.45. The van der Waals surface area contributed by atoms with E-state index in [-0.39, 0.29) is 12.5 Å². The van der Waals surface area contributed by atoms with Gasteiger partial charge in [-0.15, -0.1) is 0 Å². The molecule has 0 atom stereocenters. The number of rotatable bonds is 5. The topological polar surface area (TPSA) is 78.0 Å². The summed E-state index contributed by atoms with van der Waals surface area (Å²) in [5.41, 5.74) is 1.66. The standard InChI is InChI=1S/C12H15N3O2/c16-6-2-1-3-12(17)14-10-5-4-9-8-13-15-11(9)7-10/h4-5,7-8,16H,1-3,6H2,(H,13,15)(H,14,17). The normalized spacial score (nSPS) is 10.6. The van der Waals surface area contributed by atoms with Gasteiger partial charge in [-0.3, -0.25) is 9.89 Å². The largest absolute Gasteiger partial charge is 0.396 e. The maximum Gasteiger partial charge on any atom is 0.224 e. The molecule has 0 fully saturated rings. The highest BCUT2D eigenvalue weighted by molar-refractivity contribution is 5.93. The molecule has 2 rings (SSSR count). The third kappa shape index (κ3) is 3.04. The third-order valence-electron chi connectivity index (χ3n) is 2.54. The summed E-state index contributed by atoms with van der Waals surface area (Å²) in [7, 11) is 0. The molecule has 90 valence electrons. The van der Waals surface area contributed by atoms with E-state index in [4.69, 9.17) is 5.11 Å². The second-order valence-electron chi connectivity index (χ2n) is 3.90. The van der Waals surface area contributed by atoms with Crippen LogP contribution in [-0.2, 0) is 4.79 Å². The maximum absolute atomic E-state index is 11.5. The van der Waals surface area contributed by atoms with E-state index in [9.17, 15) is 4.79 Å². The molecule has 17 heavy (non-hydrogen) atoms. The van der Waals surface area contributed by atoms with Crippen molar-refractivity contribution in [3.05, 3.63) is 24.4 Å². The van der Waals surface area contributed by atoms with Crippen LogP contribution in [0.25, 0.3) is 10.9 Å². The van der Waals surface area contributed by atoms with Crippen LogP contribution in [0.15, 0.2) is 24.4 Å². The van der Waals surface area contributed by atoms with Gasteiger partial charge in [0.15, 0.2) is 0 Å². The Bertz CT molecular complexity index is 507. The SMILES string of the molecule is O=C(CCCCO)Nc1ccc2cn[nH]c2c1. The Labute approximate surface area is 98.8 Å². The van der Waals surface area contributed by atoms with E-state index < -0.39 is 0 Å². The summed E-state index contributed by atoms with van der Waals surface area (Å²) in [5, 5.41) is 19.2. The Morgan fingerprint density at radius 2 is 2.29 bits per heavy atom. The number of fused-ring (bicyclic) bond motifs is 1. The molecule has 5 heteroatoms. The van der Waals surface area contributed by atoms with Crippen molar-refractivity contribution in [2.24, 2.45) is 0 Å². The van der Waals surface area contributed by atoms with Crippen LogP contribution in [0.5, 0.6) is 0 Å². The average molecular weight is 233 g/mol. The number of nitrogens with one attached hydrogen (secondary N) is 2. The van der Waals surface area contributed by atoms with Crippen molar-refractivity contribution in [2.45, 2.75) is 19.3 Å². The van der Waals surface area contributed by atoms with E-state index in [0.717, 1.165) is 16.6 Å². The predicted molar refractivity (Wildman–Crippen MR) is 65.7 cm³/mol.